The molecule has 4 rings (SSSR count). The van der Waals surface area contributed by atoms with Crippen molar-refractivity contribution in [1.82, 2.24) is 15.5 Å². The number of imide groups is 1. The van der Waals surface area contributed by atoms with Crippen LogP contribution in [0.5, 0.6) is 5.75 Å². The topological polar surface area (TPSA) is 83.0 Å². The number of rotatable bonds is 7. The van der Waals surface area contributed by atoms with Crippen LogP contribution in [0, 0.1) is 30.6 Å². The van der Waals surface area contributed by atoms with Gasteiger partial charge in [0.1, 0.15) is 5.75 Å². The van der Waals surface area contributed by atoms with Crippen molar-refractivity contribution in [3.63, 3.8) is 0 Å². The minimum absolute atomic E-state index is 0. The van der Waals surface area contributed by atoms with Crippen molar-refractivity contribution in [2.24, 2.45) is 28.7 Å². The number of nitrogens with one attached hydrogen (secondary N) is 2. The molecule has 1 saturated heterocycles. The highest BCUT2D eigenvalue weighted by molar-refractivity contribution is 14.0. The molecule has 2 amide bonds. The lowest BCUT2D eigenvalue weighted by Crippen LogP contribution is -2.44. The average molecular weight is 538 g/mol. The molecule has 1 aliphatic heterocycles. The Balaban J connectivity index is 0.00000272. The van der Waals surface area contributed by atoms with E-state index >= 15 is 0 Å². The van der Waals surface area contributed by atoms with E-state index in [0.29, 0.717) is 25.6 Å². The Morgan fingerprint density at radius 3 is 2.39 bits per heavy atom. The monoisotopic (exact) mass is 538 g/mol. The minimum atomic E-state index is -0.130. The Kier molecular flexibility index (Phi) is 7.61. The van der Waals surface area contributed by atoms with Gasteiger partial charge in [0.2, 0.25) is 11.8 Å². The maximum Gasteiger partial charge on any atom is 0.233 e. The number of fused-ring (bicyclic) bond motifs is 5. The number of methoxy groups -OCH3 is 1. The van der Waals surface area contributed by atoms with Crippen LogP contribution in [-0.4, -0.2) is 56.5 Å². The summed E-state index contributed by atoms with van der Waals surface area (Å²) in [6.45, 7) is 3.61. The van der Waals surface area contributed by atoms with Crippen molar-refractivity contribution >= 4 is 41.8 Å². The largest absolute Gasteiger partial charge is 0.496 e. The number of benzene rings is 1. The summed E-state index contributed by atoms with van der Waals surface area (Å²) >= 11 is 0. The molecule has 0 spiro atoms. The van der Waals surface area contributed by atoms with Crippen LogP contribution >= 0.6 is 24.0 Å². The molecule has 168 valence electrons. The normalized spacial score (nSPS) is 26.2. The Hall–Kier alpha value is -2.10. The number of carbonyl (C=O) groups is 2. The summed E-state index contributed by atoms with van der Waals surface area (Å²) in [5, 5.41) is 6.50. The summed E-state index contributed by atoms with van der Waals surface area (Å²) in [4.78, 5) is 31.2. The van der Waals surface area contributed by atoms with E-state index in [1.54, 1.807) is 14.2 Å². The van der Waals surface area contributed by atoms with Gasteiger partial charge in [-0.05, 0) is 43.2 Å². The quantitative estimate of drug-likeness (QED) is 0.183. The van der Waals surface area contributed by atoms with E-state index in [4.69, 9.17) is 4.74 Å². The fraction of sp³-hybridized carbons (Fsp3) is 0.522. The van der Waals surface area contributed by atoms with Crippen molar-refractivity contribution in [2.75, 3.05) is 33.8 Å². The predicted octanol–water partition coefficient (Wildman–Crippen LogP) is 2.14. The third-order valence-electron chi connectivity index (χ3n) is 6.54. The first-order valence-corrected chi connectivity index (χ1v) is 10.6. The summed E-state index contributed by atoms with van der Waals surface area (Å²) in [7, 11) is 3.39. The molecule has 1 heterocycles. The molecule has 1 aromatic rings. The first-order chi connectivity index (χ1) is 14.5. The van der Waals surface area contributed by atoms with Gasteiger partial charge in [0, 0.05) is 26.7 Å². The molecule has 3 aliphatic rings. The van der Waals surface area contributed by atoms with Crippen molar-refractivity contribution in [2.45, 2.75) is 19.8 Å². The maximum atomic E-state index is 12.7. The Morgan fingerprint density at radius 2 is 1.77 bits per heavy atom. The molecular weight excluding hydrogens is 507 g/mol. The van der Waals surface area contributed by atoms with Crippen molar-refractivity contribution < 1.29 is 14.3 Å². The van der Waals surface area contributed by atoms with Crippen molar-refractivity contribution in [3.05, 3.63) is 41.5 Å². The fourth-order valence-corrected chi connectivity index (χ4v) is 5.11. The van der Waals surface area contributed by atoms with Gasteiger partial charge in [0.15, 0.2) is 5.96 Å². The SMILES string of the molecule is CN=C(NCCc1cc(C)ccc1OC)NCCN1C(=O)C2C3C=CC(C3)C2C1=O.I. The summed E-state index contributed by atoms with van der Waals surface area (Å²) < 4.78 is 5.43. The second kappa shape index (κ2) is 10.0. The maximum absolute atomic E-state index is 12.7. The summed E-state index contributed by atoms with van der Waals surface area (Å²) in [5.74, 6) is 1.78. The van der Waals surface area contributed by atoms with Crippen LogP contribution in [0.2, 0.25) is 0 Å². The smallest absolute Gasteiger partial charge is 0.233 e. The number of amides is 2. The number of guanidine groups is 1. The number of hydrogen-bond acceptors (Lipinski definition) is 4. The van der Waals surface area contributed by atoms with Gasteiger partial charge in [0.05, 0.1) is 18.9 Å². The van der Waals surface area contributed by atoms with E-state index < -0.39 is 0 Å². The summed E-state index contributed by atoms with van der Waals surface area (Å²) in [6.07, 6.45) is 6.00. The van der Waals surface area contributed by atoms with Crippen LogP contribution < -0.4 is 15.4 Å². The van der Waals surface area contributed by atoms with Crippen LogP contribution in [0.1, 0.15) is 17.5 Å². The highest BCUT2D eigenvalue weighted by atomic mass is 127. The number of ether oxygens (including phenoxy) is 1. The summed E-state index contributed by atoms with van der Waals surface area (Å²) in [6, 6.07) is 6.14. The molecule has 2 bridgehead atoms. The van der Waals surface area contributed by atoms with Crippen LogP contribution in [0.4, 0.5) is 0 Å². The van der Waals surface area contributed by atoms with E-state index in [1.807, 2.05) is 12.1 Å². The minimum Gasteiger partial charge on any atom is -0.496 e. The van der Waals surface area contributed by atoms with Crippen molar-refractivity contribution in [3.8, 4) is 5.75 Å². The molecule has 8 heteroatoms. The van der Waals surface area contributed by atoms with Gasteiger partial charge in [-0.3, -0.25) is 19.5 Å². The average Bonchev–Trinajstić information content (AvgIpc) is 3.42. The lowest BCUT2D eigenvalue weighted by molar-refractivity contribution is -0.140. The highest BCUT2D eigenvalue weighted by Crippen LogP contribution is 2.52. The third kappa shape index (κ3) is 4.58. The van der Waals surface area contributed by atoms with Gasteiger partial charge >= 0.3 is 0 Å². The van der Waals surface area contributed by atoms with Crippen LogP contribution in [-0.2, 0) is 16.0 Å². The highest BCUT2D eigenvalue weighted by Gasteiger charge is 2.58. The number of hydrogen-bond donors (Lipinski definition) is 2. The Bertz CT molecular complexity index is 871. The molecule has 2 aliphatic carbocycles. The van der Waals surface area contributed by atoms with Gasteiger partial charge in [-0.15, -0.1) is 24.0 Å². The number of likely N-dealkylation sites (tertiary alicyclic amines) is 1. The van der Waals surface area contributed by atoms with Gasteiger partial charge in [-0.2, -0.15) is 0 Å². The lowest BCUT2D eigenvalue weighted by atomic mass is 9.85. The number of aliphatic imine (C=N–C) groups is 1. The zero-order chi connectivity index (χ0) is 21.3. The molecule has 0 radical (unpaired) electrons. The summed E-state index contributed by atoms with van der Waals surface area (Å²) in [5.41, 5.74) is 2.34. The zero-order valence-corrected chi connectivity index (χ0v) is 20.6. The van der Waals surface area contributed by atoms with E-state index in [0.717, 1.165) is 24.2 Å². The molecule has 1 aromatic carbocycles. The third-order valence-corrected chi connectivity index (χ3v) is 6.54. The number of aryl methyl sites for hydroxylation is 1. The molecule has 4 atom stereocenters. The molecule has 1 saturated carbocycles. The molecule has 7 nitrogen and oxygen atoms in total. The zero-order valence-electron chi connectivity index (χ0n) is 18.3. The molecular formula is C23H31IN4O3. The lowest BCUT2D eigenvalue weighted by Gasteiger charge is -2.19. The molecule has 2 N–H and O–H groups in total. The Morgan fingerprint density at radius 1 is 1.13 bits per heavy atom. The van der Waals surface area contributed by atoms with Crippen LogP contribution in [0.3, 0.4) is 0 Å². The van der Waals surface area contributed by atoms with E-state index in [-0.39, 0.29) is 59.5 Å². The first kappa shape index (κ1) is 23.6. The predicted molar refractivity (Wildman–Crippen MR) is 131 cm³/mol. The second-order valence-electron chi connectivity index (χ2n) is 8.32. The van der Waals surface area contributed by atoms with E-state index in [1.165, 1.54) is 10.5 Å². The molecule has 4 unspecified atom stereocenters. The van der Waals surface area contributed by atoms with Gasteiger partial charge in [0.25, 0.3) is 0 Å². The molecule has 2 fully saturated rings. The van der Waals surface area contributed by atoms with Crippen LogP contribution in [0.25, 0.3) is 0 Å². The van der Waals surface area contributed by atoms with Crippen molar-refractivity contribution in [1.29, 1.82) is 0 Å². The second-order valence-corrected chi connectivity index (χ2v) is 8.32. The standard InChI is InChI=1S/C23H30N4O3.HI/c1-14-4-7-18(30-3)15(12-14)8-9-25-23(24-2)26-10-11-27-21(28)19-16-5-6-17(13-16)20(19)22(27)29;/h4-7,12,16-17,19-20H,8-11,13H2,1-3H3,(H2,24,25,26);1H. The number of carbonyl (C=O) groups excluding carboxylic acids is 2. The molecule has 0 aromatic heterocycles. The van der Waals surface area contributed by atoms with Crippen LogP contribution in [0.15, 0.2) is 35.3 Å². The van der Waals surface area contributed by atoms with Gasteiger partial charge < -0.3 is 15.4 Å². The molecule has 31 heavy (non-hydrogen) atoms. The number of allylic oxidation sites excluding steroid dienone is 2. The van der Waals surface area contributed by atoms with E-state index in [2.05, 4.69) is 40.8 Å². The Labute approximate surface area is 200 Å². The number of halogens is 1. The first-order valence-electron chi connectivity index (χ1n) is 10.6. The van der Waals surface area contributed by atoms with E-state index in [9.17, 15) is 9.59 Å². The fourth-order valence-electron chi connectivity index (χ4n) is 5.11. The van der Waals surface area contributed by atoms with Gasteiger partial charge in [-0.25, -0.2) is 0 Å². The van der Waals surface area contributed by atoms with Gasteiger partial charge in [-0.1, -0.05) is 29.8 Å². The number of nitrogens with zero attached hydrogens (tertiary/aromatic N) is 2.